The number of amides is 3. The number of carbonyl (C=O) groups excluding carboxylic acids is 6. The normalized spacial score (nSPS) is 27.6. The lowest BCUT2D eigenvalue weighted by Crippen LogP contribution is -2.34. The molecule has 0 radical (unpaired) electrons. The zero-order valence-corrected chi connectivity index (χ0v) is 29.5. The number of hydroxylamine groups is 6. The van der Waals surface area contributed by atoms with E-state index in [1.165, 1.54) is 0 Å². The first-order valence-electron chi connectivity index (χ1n) is 16.8. The van der Waals surface area contributed by atoms with E-state index in [4.69, 9.17) is 31.4 Å². The molecule has 6 N–H and O–H groups in total. The van der Waals surface area contributed by atoms with Gasteiger partial charge < -0.3 is 62.2 Å². The minimum Gasteiger partial charge on any atom is -0.756 e. The van der Waals surface area contributed by atoms with Gasteiger partial charge in [-0.2, -0.15) is 0 Å². The Hall–Kier alpha value is -4.20. The third-order valence-electron chi connectivity index (χ3n) is 7.61. The summed E-state index contributed by atoms with van der Waals surface area (Å²) in [4.78, 5) is 73.4. The summed E-state index contributed by atoms with van der Waals surface area (Å²) in [6.07, 6.45) is 4.27. The minimum atomic E-state index is -1.06. The Balaban J connectivity index is 2.85. The summed E-state index contributed by atoms with van der Waals surface area (Å²) in [6, 6.07) is -3.17. The highest BCUT2D eigenvalue weighted by molar-refractivity contribution is 5.89. The van der Waals surface area contributed by atoms with Gasteiger partial charge in [-0.3, -0.25) is 28.8 Å². The number of esters is 3. The van der Waals surface area contributed by atoms with E-state index in [1.54, 1.807) is 20.8 Å². The largest absolute Gasteiger partial charge is 0.756 e. The van der Waals surface area contributed by atoms with Gasteiger partial charge in [0.2, 0.25) is 17.7 Å². The van der Waals surface area contributed by atoms with Crippen molar-refractivity contribution in [2.24, 2.45) is 17.2 Å². The molecule has 1 aliphatic heterocycles. The predicted octanol–water partition coefficient (Wildman–Crippen LogP) is 0.941. The highest BCUT2D eigenvalue weighted by Crippen LogP contribution is 2.10. The Morgan fingerprint density at radius 2 is 0.745 bits per heavy atom. The van der Waals surface area contributed by atoms with Crippen molar-refractivity contribution in [1.29, 1.82) is 0 Å². The van der Waals surface area contributed by atoms with Gasteiger partial charge in [0.05, 0.1) is 19.8 Å². The lowest BCUT2D eigenvalue weighted by Gasteiger charge is -2.27. The fraction of sp³-hybridized carbons (Fsp3) is 0.636. The molecular formula is C33H51N6O12-3. The average Bonchev–Trinajstić information content (AvgIpc) is 3.06. The van der Waals surface area contributed by atoms with E-state index in [-0.39, 0.29) is 112 Å². The van der Waals surface area contributed by atoms with Crippen molar-refractivity contribution >= 4 is 35.6 Å². The topological polar surface area (TPSA) is 287 Å². The molecule has 3 amide bonds. The third kappa shape index (κ3) is 19.1. The summed E-state index contributed by atoms with van der Waals surface area (Å²) in [6.45, 7) is 3.68. The first kappa shape index (κ1) is 44.8. The first-order chi connectivity index (χ1) is 24.0. The summed E-state index contributed by atoms with van der Waals surface area (Å²) in [7, 11) is 0. The van der Waals surface area contributed by atoms with Gasteiger partial charge in [0.25, 0.3) is 0 Å². The molecule has 18 heteroatoms. The molecule has 0 spiro atoms. The van der Waals surface area contributed by atoms with Crippen LogP contribution in [-0.2, 0) is 43.0 Å². The number of nitrogens with zero attached hydrogens (tertiary/aromatic N) is 3. The molecule has 0 saturated heterocycles. The van der Waals surface area contributed by atoms with Crippen molar-refractivity contribution in [3.63, 3.8) is 0 Å². The maximum Gasteiger partial charge on any atom is 0.322 e. The molecule has 0 aliphatic carbocycles. The molecule has 0 bridgehead atoms. The monoisotopic (exact) mass is 723 g/mol. The number of carbonyl (C=O) groups is 6. The fourth-order valence-corrected chi connectivity index (χ4v) is 4.37. The van der Waals surface area contributed by atoms with Crippen molar-refractivity contribution in [3.8, 4) is 0 Å². The minimum absolute atomic E-state index is 0.0590. The van der Waals surface area contributed by atoms with E-state index in [1.807, 2.05) is 0 Å². The Morgan fingerprint density at radius 3 is 0.980 bits per heavy atom. The van der Waals surface area contributed by atoms with Crippen molar-refractivity contribution in [3.05, 3.63) is 50.6 Å². The lowest BCUT2D eigenvalue weighted by molar-refractivity contribution is -0.146. The molecule has 51 heavy (non-hydrogen) atoms. The number of rotatable bonds is 0. The molecule has 3 unspecified atom stereocenters. The fourth-order valence-electron chi connectivity index (χ4n) is 4.37. The van der Waals surface area contributed by atoms with Crippen LogP contribution in [0.25, 0.3) is 0 Å². The predicted molar refractivity (Wildman–Crippen MR) is 185 cm³/mol. The van der Waals surface area contributed by atoms with Gasteiger partial charge in [0, 0.05) is 57.1 Å². The molecule has 18 nitrogen and oxygen atoms in total. The molecule has 3 atom stereocenters. The standard InChI is InChI=1S/C33H51N6O12/c1-22-10-16-49-31(43)25(34)8-5-14-38(47)29(41)20-24(3)12-18-51-33(45)27(36)9-6-15-39(48)30(42)21-23(2)11-17-50-32(44)26(35)7-4-13-37(46)28(40)19-22/h19-21,25-27H,4-18,34-36H2,1-3H3/q-3/b22-19-,23-21-,24-20+. The molecule has 0 saturated carbocycles. The van der Waals surface area contributed by atoms with Crippen LogP contribution in [0, 0.1) is 15.6 Å². The molecule has 1 heterocycles. The van der Waals surface area contributed by atoms with E-state index in [0.29, 0.717) is 16.7 Å². The van der Waals surface area contributed by atoms with Crippen LogP contribution in [0.3, 0.4) is 0 Å². The van der Waals surface area contributed by atoms with Gasteiger partial charge in [-0.1, -0.05) is 16.7 Å². The second kappa shape index (κ2) is 24.1. The number of nitrogens with two attached hydrogens (primary N) is 3. The van der Waals surface area contributed by atoms with Crippen molar-refractivity contribution < 1.29 is 43.0 Å². The number of hydrogen-bond acceptors (Lipinski definition) is 15. The van der Waals surface area contributed by atoms with Crippen LogP contribution in [0.5, 0.6) is 0 Å². The van der Waals surface area contributed by atoms with Crippen LogP contribution in [0.4, 0.5) is 0 Å². The van der Waals surface area contributed by atoms with Gasteiger partial charge >= 0.3 is 17.9 Å². The molecule has 0 fully saturated rings. The van der Waals surface area contributed by atoms with E-state index in [9.17, 15) is 44.4 Å². The summed E-state index contributed by atoms with van der Waals surface area (Å²) in [5, 5.41) is 37.2. The number of ether oxygens (including phenoxy) is 3. The summed E-state index contributed by atoms with van der Waals surface area (Å²) in [5.41, 5.74) is 18.9. The average molecular weight is 724 g/mol. The van der Waals surface area contributed by atoms with Gasteiger partial charge in [0.1, 0.15) is 18.1 Å². The first-order valence-corrected chi connectivity index (χ1v) is 16.8. The van der Waals surface area contributed by atoms with Crippen molar-refractivity contribution in [1.82, 2.24) is 15.2 Å². The van der Waals surface area contributed by atoms with Gasteiger partial charge in [-0.05, 0) is 59.3 Å². The molecule has 0 aromatic heterocycles. The second-order valence-corrected chi connectivity index (χ2v) is 12.3. The number of hydrogen-bond donors (Lipinski definition) is 3. The van der Waals surface area contributed by atoms with Crippen molar-refractivity contribution in [2.45, 2.75) is 96.7 Å². The van der Waals surface area contributed by atoms with Crippen LogP contribution < -0.4 is 17.2 Å². The highest BCUT2D eigenvalue weighted by atomic mass is 16.5. The van der Waals surface area contributed by atoms with E-state index >= 15 is 0 Å². The van der Waals surface area contributed by atoms with Gasteiger partial charge in [-0.15, -0.1) is 0 Å². The van der Waals surface area contributed by atoms with Crippen LogP contribution in [0.1, 0.15) is 78.6 Å². The smallest absolute Gasteiger partial charge is 0.322 e. The molecular weight excluding hydrogens is 672 g/mol. The molecule has 1 rings (SSSR count). The molecule has 0 aromatic carbocycles. The third-order valence-corrected chi connectivity index (χ3v) is 7.61. The summed E-state index contributed by atoms with van der Waals surface area (Å²) < 4.78 is 15.4. The molecule has 0 aromatic rings. The van der Waals surface area contributed by atoms with E-state index in [0.717, 1.165) is 18.2 Å². The molecule has 288 valence electrons. The Bertz CT molecular complexity index is 1130. The SMILES string of the molecule is C/C1=C/C(=O)N([O-])CCCC(N)C(=O)OCC/C(C)=C/C(=O)N([O-])CCCC(N)C(=O)OCC/C(C)=C\C(=O)N([O-])CCCC(N)C(=O)OCC1. The van der Waals surface area contributed by atoms with Gasteiger partial charge in [0.15, 0.2) is 0 Å². The second-order valence-electron chi connectivity index (χ2n) is 12.3. The van der Waals surface area contributed by atoms with Crippen LogP contribution in [0.2, 0.25) is 0 Å². The Morgan fingerprint density at radius 1 is 0.510 bits per heavy atom. The van der Waals surface area contributed by atoms with Crippen molar-refractivity contribution in [2.75, 3.05) is 39.5 Å². The maximum atomic E-state index is 12.3. The van der Waals surface area contributed by atoms with Crippen LogP contribution in [-0.4, -0.2) is 108 Å². The van der Waals surface area contributed by atoms with Gasteiger partial charge in [-0.25, -0.2) is 0 Å². The van der Waals surface area contributed by atoms with Crippen LogP contribution >= 0.6 is 0 Å². The zero-order chi connectivity index (χ0) is 38.5. The zero-order valence-electron chi connectivity index (χ0n) is 29.5. The molecule has 1 aliphatic rings. The van der Waals surface area contributed by atoms with E-state index in [2.05, 4.69) is 0 Å². The summed E-state index contributed by atoms with van der Waals surface area (Å²) in [5.74, 6) is -4.71. The lowest BCUT2D eigenvalue weighted by atomic mass is 10.1. The van der Waals surface area contributed by atoms with E-state index < -0.39 is 53.8 Å². The highest BCUT2D eigenvalue weighted by Gasteiger charge is 2.18. The Labute approximate surface area is 297 Å². The number of cyclic esters (lactones) is 3. The summed E-state index contributed by atoms with van der Waals surface area (Å²) >= 11 is 0. The Kier molecular flexibility index (Phi) is 21.2. The maximum absolute atomic E-state index is 12.3. The van der Waals surface area contributed by atoms with Crippen LogP contribution in [0.15, 0.2) is 34.9 Å². The quantitative estimate of drug-likeness (QED) is 0.231.